The third-order valence-corrected chi connectivity index (χ3v) is 4.68. The molecule has 20 heavy (non-hydrogen) atoms. The Morgan fingerprint density at radius 1 is 1.15 bits per heavy atom. The van der Waals surface area contributed by atoms with Gasteiger partial charge in [0.1, 0.15) is 4.90 Å². The standard InChI is InChI=1S/C14H17N3O2S/c1-10-6-4-8-16-13(10)9-17-20(18,19)14-11(2)5-3-7-12(14)15/h3-8,17H,9,15H2,1-2H3. The van der Waals surface area contributed by atoms with Crippen LogP contribution in [0.5, 0.6) is 0 Å². The molecule has 1 heterocycles. The van der Waals surface area contributed by atoms with Gasteiger partial charge in [-0.2, -0.15) is 0 Å². The Morgan fingerprint density at radius 3 is 2.50 bits per heavy atom. The second-order valence-electron chi connectivity index (χ2n) is 4.58. The third-order valence-electron chi connectivity index (χ3n) is 3.06. The first-order valence-corrected chi connectivity index (χ1v) is 7.65. The molecule has 0 fully saturated rings. The first kappa shape index (κ1) is 14.5. The molecule has 1 aromatic heterocycles. The summed E-state index contributed by atoms with van der Waals surface area (Å²) in [6, 6.07) is 8.72. The number of hydrogen-bond acceptors (Lipinski definition) is 4. The second kappa shape index (κ2) is 5.60. The number of aryl methyl sites for hydroxylation is 2. The average molecular weight is 291 g/mol. The molecule has 0 aliphatic rings. The summed E-state index contributed by atoms with van der Waals surface area (Å²) in [6.45, 7) is 3.75. The van der Waals surface area contributed by atoms with Crippen molar-refractivity contribution in [3.05, 3.63) is 53.3 Å². The molecule has 6 heteroatoms. The van der Waals surface area contributed by atoms with Gasteiger partial charge in [-0.05, 0) is 37.1 Å². The number of benzene rings is 1. The van der Waals surface area contributed by atoms with Crippen molar-refractivity contribution in [1.82, 2.24) is 9.71 Å². The highest BCUT2D eigenvalue weighted by atomic mass is 32.2. The average Bonchev–Trinajstić information content (AvgIpc) is 2.37. The SMILES string of the molecule is Cc1cccnc1CNS(=O)(=O)c1c(C)cccc1N. The van der Waals surface area contributed by atoms with Crippen LogP contribution in [0.3, 0.4) is 0 Å². The van der Waals surface area contributed by atoms with E-state index in [0.29, 0.717) is 11.3 Å². The summed E-state index contributed by atoms with van der Waals surface area (Å²) in [5.41, 5.74) is 8.27. The molecule has 106 valence electrons. The molecule has 2 rings (SSSR count). The molecular weight excluding hydrogens is 274 g/mol. The fraction of sp³-hybridized carbons (Fsp3) is 0.214. The van der Waals surface area contributed by atoms with Gasteiger partial charge in [0.05, 0.1) is 17.9 Å². The highest BCUT2D eigenvalue weighted by Crippen LogP contribution is 2.22. The Hall–Kier alpha value is -1.92. The van der Waals surface area contributed by atoms with E-state index in [4.69, 9.17) is 5.73 Å². The topological polar surface area (TPSA) is 85.1 Å². The van der Waals surface area contributed by atoms with E-state index < -0.39 is 10.0 Å². The van der Waals surface area contributed by atoms with Crippen molar-refractivity contribution >= 4 is 15.7 Å². The Balaban J connectivity index is 2.27. The zero-order chi connectivity index (χ0) is 14.8. The van der Waals surface area contributed by atoms with Crippen LogP contribution >= 0.6 is 0 Å². The smallest absolute Gasteiger partial charge is 0.243 e. The molecule has 0 amide bonds. The van der Waals surface area contributed by atoms with Gasteiger partial charge >= 0.3 is 0 Å². The minimum Gasteiger partial charge on any atom is -0.398 e. The molecule has 5 nitrogen and oxygen atoms in total. The predicted molar refractivity (Wildman–Crippen MR) is 78.6 cm³/mol. The van der Waals surface area contributed by atoms with E-state index in [0.717, 1.165) is 5.56 Å². The molecular formula is C14H17N3O2S. The maximum atomic E-state index is 12.3. The maximum Gasteiger partial charge on any atom is 0.243 e. The van der Waals surface area contributed by atoms with Crippen molar-refractivity contribution in [2.24, 2.45) is 0 Å². The van der Waals surface area contributed by atoms with Gasteiger partial charge in [-0.15, -0.1) is 0 Å². The summed E-state index contributed by atoms with van der Waals surface area (Å²) in [6.07, 6.45) is 1.64. The van der Waals surface area contributed by atoms with Crippen LogP contribution in [0.1, 0.15) is 16.8 Å². The number of rotatable bonds is 4. The number of aromatic nitrogens is 1. The van der Waals surface area contributed by atoms with Crippen molar-refractivity contribution in [3.8, 4) is 0 Å². The molecule has 2 aromatic rings. The number of hydrogen-bond donors (Lipinski definition) is 2. The lowest BCUT2D eigenvalue weighted by Crippen LogP contribution is -2.25. The largest absolute Gasteiger partial charge is 0.398 e. The molecule has 0 saturated carbocycles. The van der Waals surface area contributed by atoms with Crippen LogP contribution in [-0.4, -0.2) is 13.4 Å². The van der Waals surface area contributed by atoms with Gasteiger partial charge < -0.3 is 5.73 Å². The molecule has 0 spiro atoms. The number of nitrogens with zero attached hydrogens (tertiary/aromatic N) is 1. The molecule has 1 aromatic carbocycles. The summed E-state index contributed by atoms with van der Waals surface area (Å²) < 4.78 is 27.2. The van der Waals surface area contributed by atoms with E-state index in [-0.39, 0.29) is 17.1 Å². The van der Waals surface area contributed by atoms with Crippen molar-refractivity contribution in [2.45, 2.75) is 25.3 Å². The first-order valence-electron chi connectivity index (χ1n) is 6.17. The third kappa shape index (κ3) is 2.97. The Morgan fingerprint density at radius 2 is 1.85 bits per heavy atom. The monoisotopic (exact) mass is 291 g/mol. The number of pyridine rings is 1. The van der Waals surface area contributed by atoms with E-state index in [1.165, 1.54) is 0 Å². The van der Waals surface area contributed by atoms with Gasteiger partial charge in [-0.3, -0.25) is 4.98 Å². The molecule has 0 aliphatic carbocycles. The zero-order valence-corrected chi connectivity index (χ0v) is 12.2. The number of nitrogen functional groups attached to an aromatic ring is 1. The number of sulfonamides is 1. The fourth-order valence-corrected chi connectivity index (χ4v) is 3.32. The van der Waals surface area contributed by atoms with Gasteiger partial charge in [0.2, 0.25) is 10.0 Å². The molecule has 0 unspecified atom stereocenters. The van der Waals surface area contributed by atoms with Crippen LogP contribution in [0.2, 0.25) is 0 Å². The van der Waals surface area contributed by atoms with Crippen LogP contribution in [0.15, 0.2) is 41.4 Å². The van der Waals surface area contributed by atoms with Crippen LogP contribution in [0, 0.1) is 13.8 Å². The molecule has 0 radical (unpaired) electrons. The first-order chi connectivity index (χ1) is 9.42. The molecule has 0 aliphatic heterocycles. The second-order valence-corrected chi connectivity index (χ2v) is 6.29. The lowest BCUT2D eigenvalue weighted by atomic mass is 10.2. The zero-order valence-electron chi connectivity index (χ0n) is 11.4. The van der Waals surface area contributed by atoms with Crippen LogP contribution in [0.4, 0.5) is 5.69 Å². The lowest BCUT2D eigenvalue weighted by molar-refractivity contribution is 0.580. The highest BCUT2D eigenvalue weighted by molar-refractivity contribution is 7.89. The number of nitrogens with one attached hydrogen (secondary N) is 1. The molecule has 0 atom stereocenters. The summed E-state index contributed by atoms with van der Waals surface area (Å²) in [5.74, 6) is 0. The Labute approximate surface area is 118 Å². The van der Waals surface area contributed by atoms with E-state index in [2.05, 4.69) is 9.71 Å². The summed E-state index contributed by atoms with van der Waals surface area (Å²) >= 11 is 0. The Kier molecular flexibility index (Phi) is 4.06. The van der Waals surface area contributed by atoms with Crippen molar-refractivity contribution in [3.63, 3.8) is 0 Å². The van der Waals surface area contributed by atoms with E-state index in [1.54, 1.807) is 31.3 Å². The van der Waals surface area contributed by atoms with Crippen molar-refractivity contribution in [2.75, 3.05) is 5.73 Å². The highest BCUT2D eigenvalue weighted by Gasteiger charge is 2.19. The van der Waals surface area contributed by atoms with Gasteiger partial charge in [-0.25, -0.2) is 13.1 Å². The number of nitrogens with two attached hydrogens (primary N) is 1. The fourth-order valence-electron chi connectivity index (χ4n) is 1.98. The van der Waals surface area contributed by atoms with Gasteiger partial charge in [0, 0.05) is 6.20 Å². The quantitative estimate of drug-likeness (QED) is 0.841. The summed E-state index contributed by atoms with van der Waals surface area (Å²) in [7, 11) is -3.65. The van der Waals surface area contributed by atoms with Crippen LogP contribution in [0.25, 0.3) is 0 Å². The van der Waals surface area contributed by atoms with Crippen molar-refractivity contribution < 1.29 is 8.42 Å². The molecule has 3 N–H and O–H groups in total. The van der Waals surface area contributed by atoms with Crippen molar-refractivity contribution in [1.29, 1.82) is 0 Å². The van der Waals surface area contributed by atoms with E-state index in [1.807, 2.05) is 19.1 Å². The van der Waals surface area contributed by atoms with Crippen LogP contribution < -0.4 is 10.5 Å². The van der Waals surface area contributed by atoms with Crippen LogP contribution in [-0.2, 0) is 16.6 Å². The van der Waals surface area contributed by atoms with E-state index >= 15 is 0 Å². The van der Waals surface area contributed by atoms with Gasteiger partial charge in [-0.1, -0.05) is 18.2 Å². The summed E-state index contributed by atoms with van der Waals surface area (Å²) in [4.78, 5) is 4.29. The molecule has 0 saturated heterocycles. The summed E-state index contributed by atoms with van der Waals surface area (Å²) in [5, 5.41) is 0. The maximum absolute atomic E-state index is 12.3. The Bertz CT molecular complexity index is 707. The normalized spacial score (nSPS) is 11.5. The number of anilines is 1. The minimum atomic E-state index is -3.65. The van der Waals surface area contributed by atoms with Gasteiger partial charge in [0.25, 0.3) is 0 Å². The van der Waals surface area contributed by atoms with Gasteiger partial charge in [0.15, 0.2) is 0 Å². The lowest BCUT2D eigenvalue weighted by Gasteiger charge is -2.12. The molecule has 0 bridgehead atoms. The predicted octanol–water partition coefficient (Wildman–Crippen LogP) is 1.76. The minimum absolute atomic E-state index is 0.133. The van der Waals surface area contributed by atoms with E-state index in [9.17, 15) is 8.42 Å².